The number of pyridine rings is 1. The average molecular weight is 551 g/mol. The normalized spacial score (nSPS) is 17.6. The highest BCUT2D eigenvalue weighted by Gasteiger charge is 2.22. The van der Waals surface area contributed by atoms with E-state index in [0.717, 1.165) is 75.8 Å². The highest BCUT2D eigenvalue weighted by molar-refractivity contribution is 8.05. The van der Waals surface area contributed by atoms with E-state index in [1.165, 1.54) is 31.7 Å². The van der Waals surface area contributed by atoms with Gasteiger partial charge in [0.15, 0.2) is 0 Å². The molecular formula is C29H34N4O3S2. The minimum absolute atomic E-state index is 0.0730. The van der Waals surface area contributed by atoms with E-state index in [1.807, 2.05) is 0 Å². The van der Waals surface area contributed by atoms with Crippen LogP contribution in [0.3, 0.4) is 0 Å². The second-order valence-electron chi connectivity index (χ2n) is 9.80. The number of benzene rings is 2. The monoisotopic (exact) mass is 550 g/mol. The van der Waals surface area contributed by atoms with Gasteiger partial charge in [0.05, 0.1) is 32.1 Å². The first-order chi connectivity index (χ1) is 18.7. The van der Waals surface area contributed by atoms with Gasteiger partial charge in [-0.1, -0.05) is 35.7 Å². The summed E-state index contributed by atoms with van der Waals surface area (Å²) in [5, 5.41) is 3.62. The van der Waals surface area contributed by atoms with Crippen LogP contribution in [0.25, 0.3) is 11.3 Å². The van der Waals surface area contributed by atoms with E-state index in [2.05, 4.69) is 62.6 Å². The summed E-state index contributed by atoms with van der Waals surface area (Å²) in [6.45, 7) is 8.98. The molecular weight excluding hydrogens is 516 g/mol. The number of rotatable bonds is 8. The van der Waals surface area contributed by atoms with Crippen molar-refractivity contribution >= 4 is 34.9 Å². The lowest BCUT2D eigenvalue weighted by Crippen LogP contribution is -2.36. The van der Waals surface area contributed by atoms with Crippen LogP contribution in [-0.4, -0.2) is 75.6 Å². The van der Waals surface area contributed by atoms with Crippen LogP contribution in [0.5, 0.6) is 0 Å². The van der Waals surface area contributed by atoms with Gasteiger partial charge in [-0.15, -0.1) is 0 Å². The van der Waals surface area contributed by atoms with Crippen LogP contribution in [0.15, 0.2) is 72.9 Å². The molecule has 0 aliphatic carbocycles. The first kappa shape index (κ1) is 25.8. The zero-order valence-electron chi connectivity index (χ0n) is 21.5. The van der Waals surface area contributed by atoms with E-state index in [4.69, 9.17) is 9.47 Å². The molecule has 2 fully saturated rings. The molecule has 0 saturated carbocycles. The topological polar surface area (TPSA) is 69.8 Å². The van der Waals surface area contributed by atoms with Crippen molar-refractivity contribution in [3.63, 3.8) is 0 Å². The van der Waals surface area contributed by atoms with Crippen molar-refractivity contribution in [3.05, 3.63) is 58.9 Å². The predicted octanol–water partition coefficient (Wildman–Crippen LogP) is 5.02. The highest BCUT2D eigenvalue weighted by atomic mass is 32.2. The fourth-order valence-corrected chi connectivity index (χ4v) is 7.53. The summed E-state index contributed by atoms with van der Waals surface area (Å²) in [5.41, 5.74) is 3.99. The molecule has 7 nitrogen and oxygen atoms in total. The Hall–Kier alpha value is -2.43. The van der Waals surface area contributed by atoms with Gasteiger partial charge in [0.1, 0.15) is 0 Å². The minimum atomic E-state index is -0.0730. The minimum Gasteiger partial charge on any atom is -0.385 e. The zero-order valence-corrected chi connectivity index (χ0v) is 23.2. The third-order valence-corrected chi connectivity index (χ3v) is 9.78. The lowest BCUT2D eigenvalue weighted by atomic mass is 10.1. The Labute approximate surface area is 232 Å². The number of aromatic amines is 1. The Kier molecular flexibility index (Phi) is 8.27. The van der Waals surface area contributed by atoms with E-state index >= 15 is 0 Å². The fraction of sp³-hybridized carbons (Fsp3) is 0.414. The highest BCUT2D eigenvalue weighted by Crippen LogP contribution is 2.52. The number of nitrogens with one attached hydrogen (secondary N) is 2. The van der Waals surface area contributed by atoms with Crippen LogP contribution >= 0.6 is 23.5 Å². The number of ether oxygens (including phenoxy) is 2. The number of nitrogens with zero attached hydrogens (tertiary/aromatic N) is 2. The molecule has 3 aliphatic rings. The van der Waals surface area contributed by atoms with Gasteiger partial charge in [-0.2, -0.15) is 0 Å². The maximum Gasteiger partial charge on any atom is 0.250 e. The summed E-state index contributed by atoms with van der Waals surface area (Å²) in [6.07, 6.45) is 2.36. The van der Waals surface area contributed by atoms with Gasteiger partial charge in [-0.05, 0) is 49.7 Å². The molecule has 4 heterocycles. The summed E-state index contributed by atoms with van der Waals surface area (Å²) < 4.78 is 10.9. The van der Waals surface area contributed by atoms with Crippen LogP contribution in [0.2, 0.25) is 0 Å². The molecule has 1 aromatic heterocycles. The van der Waals surface area contributed by atoms with Gasteiger partial charge >= 0.3 is 0 Å². The zero-order chi connectivity index (χ0) is 25.7. The van der Waals surface area contributed by atoms with E-state index in [-0.39, 0.29) is 5.56 Å². The molecule has 2 N–H and O–H groups in total. The van der Waals surface area contributed by atoms with Crippen LogP contribution in [0.4, 0.5) is 11.4 Å². The molecule has 0 bridgehead atoms. The average Bonchev–Trinajstić information content (AvgIpc) is 2.96. The SMILES string of the molecule is O=c1cc(N2CCOCC2)cc(-c2cccc3c2Sc2ccc(NCCCCN4CCOCC4)cc2S3)[nH]1. The van der Waals surface area contributed by atoms with E-state index in [9.17, 15) is 4.79 Å². The summed E-state index contributed by atoms with van der Waals surface area (Å²) in [7, 11) is 0. The molecule has 38 heavy (non-hydrogen) atoms. The molecule has 2 saturated heterocycles. The predicted molar refractivity (Wildman–Crippen MR) is 155 cm³/mol. The lowest BCUT2D eigenvalue weighted by Gasteiger charge is -2.29. The van der Waals surface area contributed by atoms with Crippen LogP contribution < -0.4 is 15.8 Å². The second-order valence-corrected chi connectivity index (χ2v) is 11.9. The summed E-state index contributed by atoms with van der Waals surface area (Å²) in [5.74, 6) is 0. The lowest BCUT2D eigenvalue weighted by molar-refractivity contribution is 0.0373. The number of hydrogen-bond donors (Lipinski definition) is 2. The Balaban J connectivity index is 1.13. The van der Waals surface area contributed by atoms with Crippen molar-refractivity contribution in [2.24, 2.45) is 0 Å². The van der Waals surface area contributed by atoms with Gasteiger partial charge < -0.3 is 24.7 Å². The second kappa shape index (κ2) is 12.2. The van der Waals surface area contributed by atoms with Gasteiger partial charge in [-0.25, -0.2) is 0 Å². The molecule has 3 aliphatic heterocycles. The number of morpholine rings is 2. The van der Waals surface area contributed by atoms with Crippen LogP contribution in [-0.2, 0) is 9.47 Å². The number of aromatic nitrogens is 1. The standard InChI is InChI=1S/C29H34N4O3S2/c34-28-20-22(33-12-16-36-17-13-33)19-24(31-28)23-4-3-5-26-29(23)38-25-7-6-21(18-27(25)37-26)30-8-1-2-9-32-10-14-35-15-11-32/h3-7,18-20,30H,1-2,8-17H2,(H,31,34). The quantitative estimate of drug-likeness (QED) is 0.297. The maximum atomic E-state index is 12.6. The van der Waals surface area contributed by atoms with Gasteiger partial charge in [-0.3, -0.25) is 9.69 Å². The molecule has 0 radical (unpaired) electrons. The maximum absolute atomic E-state index is 12.6. The molecule has 0 atom stereocenters. The van der Waals surface area contributed by atoms with E-state index in [0.29, 0.717) is 13.2 Å². The third kappa shape index (κ3) is 6.07. The van der Waals surface area contributed by atoms with Crippen molar-refractivity contribution in [2.75, 3.05) is 75.9 Å². The number of hydrogen-bond acceptors (Lipinski definition) is 8. The van der Waals surface area contributed by atoms with Crippen molar-refractivity contribution in [1.82, 2.24) is 9.88 Å². The molecule has 9 heteroatoms. The molecule has 3 aromatic rings. The van der Waals surface area contributed by atoms with Crippen molar-refractivity contribution < 1.29 is 9.47 Å². The molecule has 0 spiro atoms. The smallest absolute Gasteiger partial charge is 0.250 e. The van der Waals surface area contributed by atoms with Crippen LogP contribution in [0, 0.1) is 0 Å². The van der Waals surface area contributed by atoms with E-state index in [1.54, 1.807) is 29.6 Å². The summed E-state index contributed by atoms with van der Waals surface area (Å²) in [4.78, 5) is 25.4. The number of anilines is 2. The molecule has 6 rings (SSSR count). The van der Waals surface area contributed by atoms with Crippen molar-refractivity contribution in [3.8, 4) is 11.3 Å². The number of fused-ring (bicyclic) bond motifs is 2. The van der Waals surface area contributed by atoms with E-state index < -0.39 is 0 Å². The molecule has 200 valence electrons. The first-order valence-electron chi connectivity index (χ1n) is 13.5. The summed E-state index contributed by atoms with van der Waals surface area (Å²) >= 11 is 3.59. The Morgan fingerprint density at radius 1 is 0.842 bits per heavy atom. The van der Waals surface area contributed by atoms with Gasteiger partial charge in [0.25, 0.3) is 0 Å². The first-order valence-corrected chi connectivity index (χ1v) is 15.1. The van der Waals surface area contributed by atoms with Crippen LogP contribution in [0.1, 0.15) is 12.8 Å². The Bertz CT molecular complexity index is 1320. The largest absolute Gasteiger partial charge is 0.385 e. The fourth-order valence-electron chi connectivity index (χ4n) is 5.12. The third-order valence-electron chi connectivity index (χ3n) is 7.18. The van der Waals surface area contributed by atoms with Crippen molar-refractivity contribution in [1.29, 1.82) is 0 Å². The molecule has 2 aromatic carbocycles. The molecule has 0 unspecified atom stereocenters. The number of H-pyrrole nitrogens is 1. The Morgan fingerprint density at radius 3 is 2.50 bits per heavy atom. The van der Waals surface area contributed by atoms with Gasteiger partial charge in [0.2, 0.25) is 5.56 Å². The molecule has 0 amide bonds. The Morgan fingerprint density at radius 2 is 1.66 bits per heavy atom. The van der Waals surface area contributed by atoms with Gasteiger partial charge in [0, 0.05) is 75.3 Å². The summed E-state index contributed by atoms with van der Waals surface area (Å²) in [6, 6.07) is 16.8. The van der Waals surface area contributed by atoms with Crippen molar-refractivity contribution in [2.45, 2.75) is 32.4 Å². The number of unbranched alkanes of at least 4 members (excludes halogenated alkanes) is 1.